The minimum atomic E-state index is -0.570. The molecule has 3 heteroatoms. The maximum atomic E-state index is 12.0. The molecule has 0 saturated carbocycles. The highest BCUT2D eigenvalue weighted by molar-refractivity contribution is 6.42. The third-order valence-electron chi connectivity index (χ3n) is 1.18. The summed E-state index contributed by atoms with van der Waals surface area (Å²) in [5.41, 5.74) is 0.439. The molecule has 0 nitrogen and oxygen atoms in total. The van der Waals surface area contributed by atoms with Crippen LogP contribution in [0.5, 0.6) is 0 Å². The van der Waals surface area contributed by atoms with E-state index in [-0.39, 0.29) is 0 Å². The summed E-state index contributed by atoms with van der Waals surface area (Å²) in [7, 11) is 0. The van der Waals surface area contributed by atoms with Gasteiger partial charge in [0.15, 0.2) is 0 Å². The van der Waals surface area contributed by atoms with Crippen LogP contribution in [0, 0.1) is 0 Å². The summed E-state index contributed by atoms with van der Waals surface area (Å²) in [6, 6.07) is 4.90. The minimum Gasteiger partial charge on any atom is -0.246 e. The van der Waals surface area contributed by atoms with Crippen LogP contribution in [0.3, 0.4) is 0 Å². The van der Waals surface area contributed by atoms with E-state index in [0.29, 0.717) is 15.6 Å². The van der Waals surface area contributed by atoms with Crippen LogP contribution in [0.4, 0.5) is 4.39 Å². The number of benzene rings is 1. The lowest BCUT2D eigenvalue weighted by Gasteiger charge is -1.98. The summed E-state index contributed by atoms with van der Waals surface area (Å²) < 4.78 is 12.0. The zero-order valence-corrected chi connectivity index (χ0v) is 6.58. The van der Waals surface area contributed by atoms with E-state index >= 15 is 0 Å². The van der Waals surface area contributed by atoms with Crippen molar-refractivity contribution < 1.29 is 4.39 Å². The molecule has 1 aromatic rings. The quantitative estimate of drug-likeness (QED) is 0.619. The Morgan fingerprint density at radius 2 is 2.00 bits per heavy atom. The van der Waals surface area contributed by atoms with Crippen molar-refractivity contribution in [1.29, 1.82) is 0 Å². The molecule has 0 radical (unpaired) electrons. The fraction of sp³-hybridized carbons (Fsp3) is 0.143. The van der Waals surface area contributed by atoms with Crippen LogP contribution < -0.4 is 0 Å². The molecule has 1 aromatic carbocycles. The topological polar surface area (TPSA) is 0 Å². The Morgan fingerprint density at radius 3 is 2.50 bits per heavy atom. The maximum absolute atomic E-state index is 12.0. The molecule has 54 valence electrons. The van der Waals surface area contributed by atoms with Crippen LogP contribution in [0.1, 0.15) is 5.56 Å². The first kappa shape index (κ1) is 7.83. The number of halogens is 3. The summed E-state index contributed by atoms with van der Waals surface area (Å²) in [6.07, 6.45) is 0. The molecule has 0 aliphatic heterocycles. The summed E-state index contributed by atoms with van der Waals surface area (Å²) in [6.45, 7) is -0.570. The van der Waals surface area contributed by atoms with Crippen LogP contribution in [0.2, 0.25) is 10.0 Å². The molecule has 1 rings (SSSR count). The molecule has 0 N–H and O–H groups in total. The van der Waals surface area contributed by atoms with Crippen LogP contribution in [0.25, 0.3) is 0 Å². The fourth-order valence-corrected chi connectivity index (χ4v) is 1.02. The number of hydrogen-bond donors (Lipinski definition) is 0. The molecule has 0 aliphatic rings. The highest BCUT2D eigenvalue weighted by Crippen LogP contribution is 2.25. The fourth-order valence-electron chi connectivity index (χ4n) is 0.652. The van der Waals surface area contributed by atoms with Crippen molar-refractivity contribution in [2.75, 3.05) is 0 Å². The lowest BCUT2D eigenvalue weighted by Crippen LogP contribution is -1.79. The molecule has 0 atom stereocenters. The van der Waals surface area contributed by atoms with Crippen LogP contribution in [-0.2, 0) is 6.67 Å². The van der Waals surface area contributed by atoms with Gasteiger partial charge < -0.3 is 0 Å². The van der Waals surface area contributed by atoms with E-state index in [4.69, 9.17) is 23.2 Å². The molecule has 10 heavy (non-hydrogen) atoms. The first-order chi connectivity index (χ1) is 4.75. The number of alkyl halides is 1. The monoisotopic (exact) mass is 178 g/mol. The predicted molar refractivity (Wildman–Crippen MR) is 41.3 cm³/mol. The molecule has 0 heterocycles. The Balaban J connectivity index is 3.14. The van der Waals surface area contributed by atoms with Gasteiger partial charge in [-0.3, -0.25) is 0 Å². The van der Waals surface area contributed by atoms with Gasteiger partial charge in [-0.25, -0.2) is 4.39 Å². The predicted octanol–water partition coefficient (Wildman–Crippen LogP) is 3.46. The van der Waals surface area contributed by atoms with Crippen molar-refractivity contribution in [3.8, 4) is 0 Å². The Kier molecular flexibility index (Phi) is 2.52. The number of rotatable bonds is 1. The summed E-state index contributed by atoms with van der Waals surface area (Å²) in [5.74, 6) is 0. The Bertz CT molecular complexity index is 235. The van der Waals surface area contributed by atoms with Gasteiger partial charge in [-0.2, -0.15) is 0 Å². The van der Waals surface area contributed by atoms with E-state index in [1.165, 1.54) is 0 Å². The third kappa shape index (κ3) is 1.41. The zero-order chi connectivity index (χ0) is 7.56. The van der Waals surface area contributed by atoms with Crippen LogP contribution >= 0.6 is 23.2 Å². The smallest absolute Gasteiger partial charge is 0.116 e. The Hall–Kier alpha value is -0.270. The van der Waals surface area contributed by atoms with Crippen molar-refractivity contribution in [2.45, 2.75) is 6.67 Å². The van der Waals surface area contributed by atoms with E-state index in [9.17, 15) is 4.39 Å². The Labute approximate surface area is 68.6 Å². The molecule has 0 aliphatic carbocycles. The van der Waals surface area contributed by atoms with Crippen LogP contribution in [0.15, 0.2) is 18.2 Å². The molecule has 0 spiro atoms. The average molecular weight is 179 g/mol. The molecule has 0 saturated heterocycles. The molecule has 0 unspecified atom stereocenters. The van der Waals surface area contributed by atoms with Crippen molar-refractivity contribution in [3.63, 3.8) is 0 Å². The van der Waals surface area contributed by atoms with Gasteiger partial charge in [0.05, 0.1) is 10.0 Å². The highest BCUT2D eigenvalue weighted by Gasteiger charge is 2.01. The number of hydrogen-bond acceptors (Lipinski definition) is 0. The van der Waals surface area contributed by atoms with Crippen molar-refractivity contribution in [3.05, 3.63) is 33.8 Å². The zero-order valence-electron chi connectivity index (χ0n) is 5.07. The van der Waals surface area contributed by atoms with Gasteiger partial charge in [0.25, 0.3) is 0 Å². The van der Waals surface area contributed by atoms with E-state index in [2.05, 4.69) is 0 Å². The Morgan fingerprint density at radius 1 is 1.30 bits per heavy atom. The van der Waals surface area contributed by atoms with E-state index in [1.54, 1.807) is 18.2 Å². The molecule has 0 amide bonds. The standard InChI is InChI=1S/C7H5Cl2F/c8-6-3-1-2-5(4-10)7(6)9/h1-3H,4H2. The second kappa shape index (κ2) is 3.22. The SMILES string of the molecule is FCc1cccc(Cl)c1Cl. The largest absolute Gasteiger partial charge is 0.246 e. The normalized spacial score (nSPS) is 9.90. The second-order valence-electron chi connectivity index (χ2n) is 1.85. The minimum absolute atomic E-state index is 0.312. The van der Waals surface area contributed by atoms with Crippen molar-refractivity contribution >= 4 is 23.2 Å². The molecular formula is C7H5Cl2F. The lowest BCUT2D eigenvalue weighted by molar-refractivity contribution is 0.485. The highest BCUT2D eigenvalue weighted by atomic mass is 35.5. The van der Waals surface area contributed by atoms with Gasteiger partial charge in [0, 0.05) is 5.56 Å². The summed E-state index contributed by atoms with van der Waals surface area (Å²) in [4.78, 5) is 0. The van der Waals surface area contributed by atoms with Gasteiger partial charge in [0.2, 0.25) is 0 Å². The molecule has 0 fully saturated rings. The third-order valence-corrected chi connectivity index (χ3v) is 2.03. The van der Waals surface area contributed by atoms with Crippen molar-refractivity contribution in [1.82, 2.24) is 0 Å². The van der Waals surface area contributed by atoms with E-state index in [1.807, 2.05) is 0 Å². The van der Waals surface area contributed by atoms with Crippen molar-refractivity contribution in [2.24, 2.45) is 0 Å². The van der Waals surface area contributed by atoms with Gasteiger partial charge in [-0.1, -0.05) is 35.3 Å². The lowest BCUT2D eigenvalue weighted by atomic mass is 10.2. The van der Waals surface area contributed by atoms with Gasteiger partial charge in [-0.05, 0) is 6.07 Å². The molecular weight excluding hydrogens is 174 g/mol. The summed E-state index contributed by atoms with van der Waals surface area (Å²) in [5, 5.41) is 0.712. The van der Waals surface area contributed by atoms with Gasteiger partial charge in [-0.15, -0.1) is 0 Å². The van der Waals surface area contributed by atoms with Gasteiger partial charge in [0.1, 0.15) is 6.67 Å². The van der Waals surface area contributed by atoms with E-state index in [0.717, 1.165) is 0 Å². The van der Waals surface area contributed by atoms with Gasteiger partial charge >= 0.3 is 0 Å². The first-order valence-corrected chi connectivity index (χ1v) is 3.50. The maximum Gasteiger partial charge on any atom is 0.116 e. The second-order valence-corrected chi connectivity index (χ2v) is 2.63. The first-order valence-electron chi connectivity index (χ1n) is 2.74. The summed E-state index contributed by atoms with van der Waals surface area (Å²) >= 11 is 11.2. The molecule has 0 aromatic heterocycles. The molecule has 0 bridgehead atoms. The van der Waals surface area contributed by atoms with Crippen LogP contribution in [-0.4, -0.2) is 0 Å². The average Bonchev–Trinajstić information content (AvgIpc) is 1.95. The van der Waals surface area contributed by atoms with E-state index < -0.39 is 6.67 Å².